The van der Waals surface area contributed by atoms with Gasteiger partial charge in [0.15, 0.2) is 0 Å². The van der Waals surface area contributed by atoms with E-state index in [1.165, 1.54) is 11.6 Å². The van der Waals surface area contributed by atoms with Crippen molar-refractivity contribution in [2.24, 2.45) is 0 Å². The third kappa shape index (κ3) is 6.02. The highest BCUT2D eigenvalue weighted by atomic mass is 35.5. The van der Waals surface area contributed by atoms with Crippen molar-refractivity contribution in [3.05, 3.63) is 100 Å². The molecule has 2 nitrogen and oxygen atoms in total. The molecule has 7 heteroatoms. The summed E-state index contributed by atoms with van der Waals surface area (Å²) >= 11 is 7.36. The Bertz CT molecular complexity index is 976. The predicted molar refractivity (Wildman–Crippen MR) is 112 cm³/mol. The third-order valence-corrected chi connectivity index (χ3v) is 5.53. The molecule has 3 rings (SSSR count). The summed E-state index contributed by atoms with van der Waals surface area (Å²) in [6.45, 7) is 0. The number of thioether (sulfide) groups is 1. The number of nitrogens with one attached hydrogen (secondary N) is 1. The van der Waals surface area contributed by atoms with Crippen LogP contribution >= 0.6 is 23.4 Å². The molecule has 0 spiro atoms. The first-order valence-corrected chi connectivity index (χ1v) is 10.2. The molecule has 3 aromatic carbocycles. The molecular weight excluding hydrogens is 419 g/mol. The topological polar surface area (TPSA) is 29.1 Å². The summed E-state index contributed by atoms with van der Waals surface area (Å²) in [4.78, 5) is 12.3. The fourth-order valence-corrected chi connectivity index (χ4v) is 3.82. The predicted octanol–water partition coefficient (Wildman–Crippen LogP) is 7.04. The maximum absolute atomic E-state index is 12.9. The average molecular weight is 436 g/mol. The fourth-order valence-electron chi connectivity index (χ4n) is 2.64. The minimum absolute atomic E-state index is 0.0363. The molecule has 0 aliphatic heterocycles. The first-order chi connectivity index (χ1) is 13.8. The van der Waals surface area contributed by atoms with Gasteiger partial charge in [-0.05, 0) is 41.5 Å². The number of hydrogen-bond donors (Lipinski definition) is 1. The summed E-state index contributed by atoms with van der Waals surface area (Å²) in [6, 6.07) is 20.4. The van der Waals surface area contributed by atoms with E-state index < -0.39 is 22.7 Å². The molecule has 0 bridgehead atoms. The number of hydrogen-bond acceptors (Lipinski definition) is 2. The zero-order valence-electron chi connectivity index (χ0n) is 15.2. The quantitative estimate of drug-likeness (QED) is 0.449. The van der Waals surface area contributed by atoms with E-state index in [9.17, 15) is 18.0 Å². The number of rotatable bonds is 6. The highest BCUT2D eigenvalue weighted by Gasteiger charge is 2.33. The molecule has 0 fully saturated rings. The van der Waals surface area contributed by atoms with Crippen molar-refractivity contribution in [3.63, 3.8) is 0 Å². The number of alkyl halides is 3. The Morgan fingerprint density at radius 2 is 1.52 bits per heavy atom. The summed E-state index contributed by atoms with van der Waals surface area (Å²) in [6.07, 6.45) is -4.59. The lowest BCUT2D eigenvalue weighted by molar-refractivity contribution is -0.137. The molecule has 0 aromatic heterocycles. The van der Waals surface area contributed by atoms with Crippen LogP contribution in [0.1, 0.15) is 27.0 Å². The van der Waals surface area contributed by atoms with E-state index in [0.717, 1.165) is 29.2 Å². The molecule has 150 valence electrons. The molecule has 0 atom stereocenters. The van der Waals surface area contributed by atoms with Gasteiger partial charge in [0.1, 0.15) is 0 Å². The van der Waals surface area contributed by atoms with Crippen LogP contribution in [-0.4, -0.2) is 5.91 Å². The number of carbonyl (C=O) groups is 1. The molecule has 1 N–H and O–H groups in total. The maximum Gasteiger partial charge on any atom is 0.417 e. The Morgan fingerprint density at radius 1 is 0.897 bits per heavy atom. The Kier molecular flexibility index (Phi) is 6.87. The largest absolute Gasteiger partial charge is 0.417 e. The van der Waals surface area contributed by atoms with Gasteiger partial charge in [-0.25, -0.2) is 0 Å². The number of carbonyl (C=O) groups excluding carboxylic acids is 1. The Labute approximate surface area is 176 Å². The maximum atomic E-state index is 12.9. The van der Waals surface area contributed by atoms with E-state index in [4.69, 9.17) is 11.6 Å². The van der Waals surface area contributed by atoms with E-state index in [1.54, 1.807) is 23.9 Å². The highest BCUT2D eigenvalue weighted by molar-refractivity contribution is 7.97. The van der Waals surface area contributed by atoms with Crippen LogP contribution in [0.5, 0.6) is 0 Å². The minimum atomic E-state index is -4.59. The molecule has 29 heavy (non-hydrogen) atoms. The first kappa shape index (κ1) is 21.3. The van der Waals surface area contributed by atoms with Crippen molar-refractivity contribution in [3.8, 4) is 0 Å². The van der Waals surface area contributed by atoms with Gasteiger partial charge in [-0.3, -0.25) is 4.79 Å². The second kappa shape index (κ2) is 9.37. The van der Waals surface area contributed by atoms with Gasteiger partial charge < -0.3 is 5.32 Å². The van der Waals surface area contributed by atoms with Crippen molar-refractivity contribution in [2.45, 2.75) is 17.7 Å². The summed E-state index contributed by atoms with van der Waals surface area (Å²) in [5.41, 5.74) is 1.73. The molecule has 1 amide bonds. The SMILES string of the molecule is O=C(Nc1ccc(Cl)c(C(F)(F)F)c1)c1ccc(CSCc2ccccc2)cc1. The van der Waals surface area contributed by atoms with E-state index in [2.05, 4.69) is 17.4 Å². The molecule has 3 aromatic rings. The van der Waals surface area contributed by atoms with E-state index in [1.807, 2.05) is 30.3 Å². The number of benzene rings is 3. The number of anilines is 1. The molecular formula is C22H17ClF3NOS. The van der Waals surface area contributed by atoms with Gasteiger partial charge in [0.25, 0.3) is 5.91 Å². The van der Waals surface area contributed by atoms with Crippen molar-refractivity contribution < 1.29 is 18.0 Å². The van der Waals surface area contributed by atoms with E-state index in [0.29, 0.717) is 5.56 Å². The zero-order valence-corrected chi connectivity index (χ0v) is 16.7. The van der Waals surface area contributed by atoms with Crippen LogP contribution in [0.3, 0.4) is 0 Å². The highest BCUT2D eigenvalue weighted by Crippen LogP contribution is 2.36. The number of halogens is 4. The first-order valence-electron chi connectivity index (χ1n) is 8.71. The van der Waals surface area contributed by atoms with Crippen LogP contribution in [0.25, 0.3) is 0 Å². The fraction of sp³-hybridized carbons (Fsp3) is 0.136. The monoisotopic (exact) mass is 435 g/mol. The summed E-state index contributed by atoms with van der Waals surface area (Å²) < 4.78 is 38.8. The number of amides is 1. The normalized spacial score (nSPS) is 11.3. The van der Waals surface area contributed by atoms with Gasteiger partial charge in [0.05, 0.1) is 10.6 Å². The van der Waals surface area contributed by atoms with Gasteiger partial charge in [0, 0.05) is 22.8 Å². The Hall–Kier alpha value is -2.44. The molecule has 0 saturated carbocycles. The molecule has 0 radical (unpaired) electrons. The smallest absolute Gasteiger partial charge is 0.322 e. The molecule has 0 aliphatic rings. The molecule has 0 aliphatic carbocycles. The second-order valence-corrected chi connectivity index (χ2v) is 7.71. The summed E-state index contributed by atoms with van der Waals surface area (Å²) in [5.74, 6) is 1.20. The molecule has 0 heterocycles. The third-order valence-electron chi connectivity index (χ3n) is 4.13. The van der Waals surface area contributed by atoms with Crippen molar-refractivity contribution in [1.29, 1.82) is 0 Å². The van der Waals surface area contributed by atoms with Crippen molar-refractivity contribution in [1.82, 2.24) is 0 Å². The van der Waals surface area contributed by atoms with Crippen LogP contribution in [0.15, 0.2) is 72.8 Å². The van der Waals surface area contributed by atoms with Gasteiger partial charge in [0.2, 0.25) is 0 Å². The summed E-state index contributed by atoms with van der Waals surface area (Å²) in [7, 11) is 0. The molecule has 0 saturated heterocycles. The van der Waals surface area contributed by atoms with Crippen LogP contribution in [0, 0.1) is 0 Å². The van der Waals surface area contributed by atoms with Gasteiger partial charge in [-0.1, -0.05) is 54.1 Å². The standard InChI is InChI=1S/C22H17ClF3NOS/c23-20-11-10-18(12-19(20)22(24,25)26)27-21(28)17-8-6-16(7-9-17)14-29-13-15-4-2-1-3-5-15/h1-12H,13-14H2,(H,27,28). The molecule has 0 unspecified atom stereocenters. The van der Waals surface area contributed by atoms with E-state index >= 15 is 0 Å². The van der Waals surface area contributed by atoms with Crippen LogP contribution in [0.4, 0.5) is 18.9 Å². The lowest BCUT2D eigenvalue weighted by Crippen LogP contribution is -2.13. The van der Waals surface area contributed by atoms with Crippen LogP contribution in [-0.2, 0) is 17.7 Å². The Morgan fingerprint density at radius 3 is 2.14 bits per heavy atom. The zero-order chi connectivity index (χ0) is 20.9. The van der Waals surface area contributed by atoms with Gasteiger partial charge in [-0.15, -0.1) is 0 Å². The van der Waals surface area contributed by atoms with Gasteiger partial charge >= 0.3 is 6.18 Å². The Balaban J connectivity index is 1.59. The second-order valence-electron chi connectivity index (χ2n) is 6.32. The van der Waals surface area contributed by atoms with Crippen LogP contribution < -0.4 is 5.32 Å². The van der Waals surface area contributed by atoms with E-state index in [-0.39, 0.29) is 5.69 Å². The van der Waals surface area contributed by atoms with Gasteiger partial charge in [-0.2, -0.15) is 24.9 Å². The van der Waals surface area contributed by atoms with Crippen LogP contribution in [0.2, 0.25) is 5.02 Å². The minimum Gasteiger partial charge on any atom is -0.322 e. The summed E-state index contributed by atoms with van der Waals surface area (Å²) in [5, 5.41) is 2.07. The average Bonchev–Trinajstić information content (AvgIpc) is 2.70. The van der Waals surface area contributed by atoms with Crippen molar-refractivity contribution in [2.75, 3.05) is 5.32 Å². The van der Waals surface area contributed by atoms with Crippen molar-refractivity contribution >= 4 is 35.0 Å². The lowest BCUT2D eigenvalue weighted by atomic mass is 10.1. The lowest BCUT2D eigenvalue weighted by Gasteiger charge is -2.12.